The molecule has 15 rings (SSSR count). The second kappa shape index (κ2) is 18.1. The first-order chi connectivity index (χ1) is 38.5. The third-order valence-electron chi connectivity index (χ3n) is 16.4. The molecule has 0 aliphatic heterocycles. The van der Waals surface area contributed by atoms with Crippen molar-refractivity contribution >= 4 is 88.4 Å². The van der Waals surface area contributed by atoms with E-state index in [-0.39, 0.29) is 0 Å². The number of fused-ring (bicyclic) bond motifs is 8. The maximum Gasteiger partial charge on any atom is 0.159 e. The first kappa shape index (κ1) is 45.4. The lowest BCUT2D eigenvalue weighted by atomic mass is 9.66. The molecule has 1 aromatic heterocycles. The minimum atomic E-state index is -0.394. The number of rotatable bonds is 9. The van der Waals surface area contributed by atoms with E-state index in [1.165, 1.54) is 76.8 Å². The quantitative estimate of drug-likeness (QED) is 0.134. The lowest BCUT2D eigenvalue weighted by molar-refractivity contribution is 0.645. The van der Waals surface area contributed by atoms with E-state index in [9.17, 15) is 0 Å². The topological polar surface area (TPSA) is 19.6 Å². The first-order valence-electron chi connectivity index (χ1n) is 27.0. The Labute approximate surface area is 454 Å². The maximum atomic E-state index is 6.84. The average molecular weight is 997 g/mol. The molecule has 0 radical (unpaired) electrons. The van der Waals surface area contributed by atoms with Gasteiger partial charge in [0.25, 0.3) is 0 Å². The van der Waals surface area contributed by atoms with Crippen LogP contribution in [-0.2, 0) is 5.41 Å². The van der Waals surface area contributed by atoms with Gasteiger partial charge >= 0.3 is 0 Å². The molecule has 1 heterocycles. The molecule has 13 aromatic carbocycles. The summed E-state index contributed by atoms with van der Waals surface area (Å²) in [7, 11) is 0. The van der Waals surface area contributed by atoms with Crippen molar-refractivity contribution in [2.45, 2.75) is 19.3 Å². The zero-order chi connectivity index (χ0) is 51.9. The second-order valence-corrected chi connectivity index (χ2v) is 21.2. The van der Waals surface area contributed by atoms with Gasteiger partial charge in [-0.25, -0.2) is 0 Å². The van der Waals surface area contributed by atoms with E-state index in [0.29, 0.717) is 0 Å². The average Bonchev–Trinajstić information content (AvgIpc) is 2.92. The van der Waals surface area contributed by atoms with E-state index in [2.05, 4.69) is 303 Å². The molecule has 0 spiro atoms. The summed E-state index contributed by atoms with van der Waals surface area (Å²) in [5, 5.41) is 9.53. The molecule has 0 amide bonds. The van der Waals surface area contributed by atoms with Crippen molar-refractivity contribution < 1.29 is 4.42 Å². The molecule has 0 fully saturated rings. The molecule has 0 unspecified atom stereocenters. The van der Waals surface area contributed by atoms with Gasteiger partial charge in [0.2, 0.25) is 0 Å². The summed E-state index contributed by atoms with van der Waals surface area (Å²) in [4.78, 5) is 4.86. The van der Waals surface area contributed by atoms with Gasteiger partial charge in [-0.1, -0.05) is 220 Å². The molecule has 3 heteroatoms. The largest absolute Gasteiger partial charge is 0.454 e. The summed E-state index contributed by atoms with van der Waals surface area (Å²) in [5.41, 5.74) is 20.0. The molecule has 1 aliphatic rings. The summed E-state index contributed by atoms with van der Waals surface area (Å²) in [6.45, 7) is 4.83. The Bertz CT molecular complexity index is 4570. The Kier molecular flexibility index (Phi) is 10.6. The van der Waals surface area contributed by atoms with Crippen LogP contribution in [-0.4, -0.2) is 0 Å². The summed E-state index contributed by atoms with van der Waals surface area (Å²) in [5.74, 6) is 0. The fourth-order valence-corrected chi connectivity index (χ4v) is 12.7. The predicted molar refractivity (Wildman–Crippen MR) is 329 cm³/mol. The van der Waals surface area contributed by atoms with Crippen molar-refractivity contribution in [3.8, 4) is 44.5 Å². The molecular formula is C75H52N2O. The van der Waals surface area contributed by atoms with Gasteiger partial charge in [-0.15, -0.1) is 0 Å². The first-order valence-corrected chi connectivity index (χ1v) is 27.0. The van der Waals surface area contributed by atoms with Gasteiger partial charge in [-0.05, 0) is 155 Å². The van der Waals surface area contributed by atoms with Crippen LogP contribution in [0.3, 0.4) is 0 Å². The van der Waals surface area contributed by atoms with E-state index < -0.39 is 5.41 Å². The van der Waals surface area contributed by atoms with E-state index in [4.69, 9.17) is 4.42 Å². The minimum Gasteiger partial charge on any atom is -0.454 e. The van der Waals surface area contributed by atoms with Gasteiger partial charge in [0.1, 0.15) is 5.58 Å². The van der Waals surface area contributed by atoms with E-state index >= 15 is 0 Å². The fraction of sp³-hybridized carbons (Fsp3) is 0.0400. The number of para-hydroxylation sites is 3. The standard InChI is InChI=1S/C75H52N2O/c1-75(2)66-36-20-34-61-65-47-56(76(55-30-13-6-14-31-55)58-45-53(49-22-7-3-8-23-49)44-54(46-58)50-24-9-4-10-25-50)40-42-62(65)71(52-27-11-5-12-28-52)73(72(61)66)64-43-41-57(48-67(64)75)77(68-37-19-29-51-26-15-16-32-59(51)68)69-38-21-35-63-60-33-17-18-39-70(60)78-74(63)69/h3-48H,1-2H3. The monoisotopic (exact) mass is 996 g/mol. The third kappa shape index (κ3) is 7.27. The summed E-state index contributed by atoms with van der Waals surface area (Å²) < 4.78 is 6.84. The predicted octanol–water partition coefficient (Wildman–Crippen LogP) is 21.3. The number of hydrogen-bond donors (Lipinski definition) is 0. The SMILES string of the molecule is CC1(C)c2cc(N(c3cccc4ccccc34)c3cccc4c3oc3ccccc34)ccc2-c2c(-c3ccccc3)c3ccc(N(c4ccccc4)c4cc(-c5ccccc5)cc(-c5ccccc5)c4)cc3c3cccc1c23. The van der Waals surface area contributed by atoms with Crippen LogP contribution in [0.1, 0.15) is 25.0 Å². The van der Waals surface area contributed by atoms with Crippen LogP contribution in [0, 0.1) is 0 Å². The minimum absolute atomic E-state index is 0.394. The Morgan fingerprint density at radius 3 is 1.62 bits per heavy atom. The van der Waals surface area contributed by atoms with Crippen molar-refractivity contribution in [3.05, 3.63) is 290 Å². The Balaban J connectivity index is 0.974. The van der Waals surface area contributed by atoms with Gasteiger partial charge in [-0.3, -0.25) is 0 Å². The van der Waals surface area contributed by atoms with Crippen LogP contribution in [0.4, 0.5) is 34.1 Å². The molecule has 78 heavy (non-hydrogen) atoms. The van der Waals surface area contributed by atoms with Crippen LogP contribution in [0.5, 0.6) is 0 Å². The van der Waals surface area contributed by atoms with Crippen molar-refractivity contribution in [3.63, 3.8) is 0 Å². The normalized spacial score (nSPS) is 12.6. The second-order valence-electron chi connectivity index (χ2n) is 21.2. The summed E-state index contributed by atoms with van der Waals surface area (Å²) in [6, 6.07) is 102. The fourth-order valence-electron chi connectivity index (χ4n) is 12.7. The van der Waals surface area contributed by atoms with Crippen LogP contribution >= 0.6 is 0 Å². The van der Waals surface area contributed by atoms with Crippen molar-refractivity contribution in [1.82, 2.24) is 0 Å². The van der Waals surface area contributed by atoms with Crippen LogP contribution < -0.4 is 9.80 Å². The molecule has 3 nitrogen and oxygen atoms in total. The number of nitrogens with zero attached hydrogens (tertiary/aromatic N) is 2. The highest BCUT2D eigenvalue weighted by Gasteiger charge is 2.37. The number of anilines is 6. The highest BCUT2D eigenvalue weighted by atomic mass is 16.3. The summed E-state index contributed by atoms with van der Waals surface area (Å²) in [6.07, 6.45) is 0. The van der Waals surface area contributed by atoms with E-state index in [0.717, 1.165) is 67.2 Å². The third-order valence-corrected chi connectivity index (χ3v) is 16.4. The molecule has 368 valence electrons. The van der Waals surface area contributed by atoms with Gasteiger partial charge < -0.3 is 14.2 Å². The van der Waals surface area contributed by atoms with Crippen LogP contribution in [0.15, 0.2) is 283 Å². The molecule has 1 aliphatic carbocycles. The lowest BCUT2D eigenvalue weighted by Gasteiger charge is -2.38. The zero-order valence-corrected chi connectivity index (χ0v) is 43.4. The molecule has 0 saturated carbocycles. The van der Waals surface area contributed by atoms with Gasteiger partial charge in [-0.2, -0.15) is 0 Å². The van der Waals surface area contributed by atoms with Crippen molar-refractivity contribution in [1.29, 1.82) is 0 Å². The van der Waals surface area contributed by atoms with E-state index in [1.54, 1.807) is 0 Å². The maximum absolute atomic E-state index is 6.84. The molecule has 0 atom stereocenters. The molecule has 0 N–H and O–H groups in total. The molecular weight excluding hydrogens is 945 g/mol. The number of hydrogen-bond acceptors (Lipinski definition) is 3. The molecule has 0 bridgehead atoms. The Hall–Kier alpha value is -9.96. The van der Waals surface area contributed by atoms with Crippen molar-refractivity contribution in [2.24, 2.45) is 0 Å². The molecule has 0 saturated heterocycles. The van der Waals surface area contributed by atoms with Gasteiger partial charge in [0, 0.05) is 44.3 Å². The summed E-state index contributed by atoms with van der Waals surface area (Å²) >= 11 is 0. The number of furan rings is 1. The highest BCUT2D eigenvalue weighted by molar-refractivity contribution is 6.24. The Morgan fingerprint density at radius 1 is 0.308 bits per heavy atom. The number of benzene rings is 13. The van der Waals surface area contributed by atoms with E-state index in [1.807, 2.05) is 0 Å². The Morgan fingerprint density at radius 2 is 0.872 bits per heavy atom. The highest BCUT2D eigenvalue weighted by Crippen LogP contribution is 2.57. The zero-order valence-electron chi connectivity index (χ0n) is 43.4. The van der Waals surface area contributed by atoms with Gasteiger partial charge in [0.15, 0.2) is 5.58 Å². The lowest BCUT2D eigenvalue weighted by Crippen LogP contribution is -2.25. The van der Waals surface area contributed by atoms with Crippen molar-refractivity contribution in [2.75, 3.05) is 9.80 Å². The molecule has 14 aromatic rings. The van der Waals surface area contributed by atoms with Gasteiger partial charge in [0.05, 0.1) is 11.4 Å². The smallest absolute Gasteiger partial charge is 0.159 e. The van der Waals surface area contributed by atoms with Crippen LogP contribution in [0.2, 0.25) is 0 Å². The van der Waals surface area contributed by atoms with Crippen LogP contribution in [0.25, 0.3) is 98.8 Å².